The summed E-state index contributed by atoms with van der Waals surface area (Å²) in [6.07, 6.45) is 3.16. The van der Waals surface area contributed by atoms with E-state index in [-0.39, 0.29) is 5.78 Å². The van der Waals surface area contributed by atoms with Gasteiger partial charge in [-0.15, -0.1) is 0 Å². The summed E-state index contributed by atoms with van der Waals surface area (Å²) in [4.78, 5) is 20.0. The molecule has 0 fully saturated rings. The molecule has 0 aliphatic carbocycles. The predicted octanol–water partition coefficient (Wildman–Crippen LogP) is 4.43. The van der Waals surface area contributed by atoms with Crippen LogP contribution in [-0.2, 0) is 0 Å². The van der Waals surface area contributed by atoms with E-state index < -0.39 is 0 Å². The zero-order valence-corrected chi connectivity index (χ0v) is 15.3. The molecule has 0 saturated heterocycles. The number of fused-ring (bicyclic) bond motifs is 1. The van der Waals surface area contributed by atoms with Crippen LogP contribution in [0.3, 0.4) is 0 Å². The third-order valence-corrected chi connectivity index (χ3v) is 4.39. The topological polar surface area (TPSA) is 69.9 Å². The fraction of sp³-hybridized carbons (Fsp3) is 0.143. The largest absolute Gasteiger partial charge is 0.438 e. The SMILES string of the molecule is CC(=O)c1ccc(Oc2ncnc3c2cnn3-c2ccc(C)cc2C)cc1. The van der Waals surface area contributed by atoms with Gasteiger partial charge in [-0.3, -0.25) is 4.79 Å². The van der Waals surface area contributed by atoms with Gasteiger partial charge in [0, 0.05) is 5.56 Å². The van der Waals surface area contributed by atoms with E-state index in [1.807, 2.05) is 19.1 Å². The Hall–Kier alpha value is -3.54. The second kappa shape index (κ2) is 6.64. The van der Waals surface area contributed by atoms with Gasteiger partial charge < -0.3 is 4.74 Å². The Kier molecular flexibility index (Phi) is 4.16. The summed E-state index contributed by atoms with van der Waals surface area (Å²) >= 11 is 0. The first-order valence-electron chi connectivity index (χ1n) is 8.58. The Morgan fingerprint density at radius 1 is 1.04 bits per heavy atom. The van der Waals surface area contributed by atoms with Crippen molar-refractivity contribution in [3.63, 3.8) is 0 Å². The molecule has 27 heavy (non-hydrogen) atoms. The number of aromatic nitrogens is 4. The first kappa shape index (κ1) is 16.9. The number of ketones is 1. The lowest BCUT2D eigenvalue weighted by Crippen LogP contribution is -2.01. The minimum Gasteiger partial charge on any atom is -0.438 e. The van der Waals surface area contributed by atoms with Crippen molar-refractivity contribution in [1.82, 2.24) is 19.7 Å². The van der Waals surface area contributed by atoms with Crippen LogP contribution in [0.25, 0.3) is 16.7 Å². The van der Waals surface area contributed by atoms with Crippen LogP contribution in [0, 0.1) is 13.8 Å². The van der Waals surface area contributed by atoms with Crippen LogP contribution >= 0.6 is 0 Å². The molecular weight excluding hydrogens is 340 g/mol. The molecule has 0 spiro atoms. The highest BCUT2D eigenvalue weighted by Crippen LogP contribution is 2.28. The number of nitrogens with zero attached hydrogens (tertiary/aromatic N) is 4. The Balaban J connectivity index is 1.73. The van der Waals surface area contributed by atoms with Gasteiger partial charge in [0.1, 0.15) is 17.5 Å². The van der Waals surface area contributed by atoms with E-state index in [0.29, 0.717) is 28.2 Å². The van der Waals surface area contributed by atoms with Crippen molar-refractivity contribution >= 4 is 16.8 Å². The Bertz CT molecular complexity index is 1150. The number of carbonyl (C=O) groups excluding carboxylic acids is 1. The molecule has 6 nitrogen and oxygen atoms in total. The number of carbonyl (C=O) groups is 1. The molecule has 0 unspecified atom stereocenters. The van der Waals surface area contributed by atoms with Gasteiger partial charge in [-0.05, 0) is 56.7 Å². The minimum absolute atomic E-state index is 0.0146. The maximum atomic E-state index is 11.4. The van der Waals surface area contributed by atoms with Crippen LogP contribution in [0.5, 0.6) is 11.6 Å². The van der Waals surface area contributed by atoms with Gasteiger partial charge in [-0.1, -0.05) is 17.7 Å². The Morgan fingerprint density at radius 3 is 2.52 bits per heavy atom. The molecule has 0 amide bonds. The lowest BCUT2D eigenvalue weighted by atomic mass is 10.1. The zero-order valence-electron chi connectivity index (χ0n) is 15.3. The number of hydrogen-bond acceptors (Lipinski definition) is 5. The van der Waals surface area contributed by atoms with E-state index in [0.717, 1.165) is 11.3 Å². The maximum Gasteiger partial charge on any atom is 0.233 e. The number of rotatable bonds is 4. The normalized spacial score (nSPS) is 10.9. The molecule has 0 radical (unpaired) electrons. The number of benzene rings is 2. The molecule has 2 heterocycles. The first-order valence-corrected chi connectivity index (χ1v) is 8.58. The monoisotopic (exact) mass is 358 g/mol. The van der Waals surface area contributed by atoms with Crippen LogP contribution in [0.15, 0.2) is 55.0 Å². The van der Waals surface area contributed by atoms with Crippen molar-refractivity contribution in [2.75, 3.05) is 0 Å². The lowest BCUT2D eigenvalue weighted by Gasteiger charge is -2.09. The quantitative estimate of drug-likeness (QED) is 0.505. The molecule has 0 atom stereocenters. The fourth-order valence-electron chi connectivity index (χ4n) is 2.99. The summed E-state index contributed by atoms with van der Waals surface area (Å²) in [6, 6.07) is 13.1. The highest BCUT2D eigenvalue weighted by atomic mass is 16.5. The van der Waals surface area contributed by atoms with E-state index in [4.69, 9.17) is 4.74 Å². The molecule has 0 bridgehead atoms. The molecule has 6 heteroatoms. The van der Waals surface area contributed by atoms with Crippen molar-refractivity contribution in [3.8, 4) is 17.3 Å². The molecule has 2 aromatic carbocycles. The summed E-state index contributed by atoms with van der Waals surface area (Å²) in [5.74, 6) is 1.03. The van der Waals surface area contributed by atoms with E-state index in [2.05, 4.69) is 28.1 Å². The van der Waals surface area contributed by atoms with Gasteiger partial charge in [0.2, 0.25) is 5.88 Å². The first-order chi connectivity index (χ1) is 13.0. The van der Waals surface area contributed by atoms with Crippen molar-refractivity contribution in [2.45, 2.75) is 20.8 Å². The average Bonchev–Trinajstić information content (AvgIpc) is 3.07. The van der Waals surface area contributed by atoms with Gasteiger partial charge in [-0.25, -0.2) is 14.6 Å². The van der Waals surface area contributed by atoms with Crippen molar-refractivity contribution in [3.05, 3.63) is 71.7 Å². The summed E-state index contributed by atoms with van der Waals surface area (Å²) in [5.41, 5.74) is 4.58. The molecule has 4 rings (SSSR count). The third-order valence-electron chi connectivity index (χ3n) is 4.39. The van der Waals surface area contributed by atoms with Gasteiger partial charge in [0.05, 0.1) is 11.9 Å². The van der Waals surface area contributed by atoms with Crippen molar-refractivity contribution < 1.29 is 9.53 Å². The van der Waals surface area contributed by atoms with Gasteiger partial charge in [0.25, 0.3) is 0 Å². The van der Waals surface area contributed by atoms with Gasteiger partial charge in [0.15, 0.2) is 11.4 Å². The summed E-state index contributed by atoms with van der Waals surface area (Å²) in [7, 11) is 0. The smallest absolute Gasteiger partial charge is 0.233 e. The second-order valence-electron chi connectivity index (χ2n) is 6.45. The van der Waals surface area contributed by atoms with E-state index in [1.165, 1.54) is 18.8 Å². The molecular formula is C21H18N4O2. The third kappa shape index (κ3) is 3.17. The van der Waals surface area contributed by atoms with Crippen LogP contribution < -0.4 is 4.74 Å². The van der Waals surface area contributed by atoms with Crippen molar-refractivity contribution in [2.24, 2.45) is 0 Å². The molecule has 134 valence electrons. The summed E-state index contributed by atoms with van der Waals surface area (Å²) in [5, 5.41) is 5.20. The second-order valence-corrected chi connectivity index (χ2v) is 6.45. The molecule has 4 aromatic rings. The van der Waals surface area contributed by atoms with E-state index >= 15 is 0 Å². The number of Topliss-reactive ketones (excluding diaryl/α,β-unsaturated/α-hetero) is 1. The molecule has 0 N–H and O–H groups in total. The summed E-state index contributed by atoms with van der Waals surface area (Å²) in [6.45, 7) is 5.64. The highest BCUT2D eigenvalue weighted by Gasteiger charge is 2.14. The van der Waals surface area contributed by atoms with Crippen LogP contribution in [0.2, 0.25) is 0 Å². The molecule has 2 aromatic heterocycles. The molecule has 0 aliphatic rings. The molecule has 0 saturated carbocycles. The lowest BCUT2D eigenvalue weighted by molar-refractivity contribution is 0.101. The van der Waals surface area contributed by atoms with E-state index in [1.54, 1.807) is 35.1 Å². The predicted molar refractivity (Wildman–Crippen MR) is 103 cm³/mol. The van der Waals surface area contributed by atoms with Crippen LogP contribution in [-0.4, -0.2) is 25.5 Å². The standard InChI is InChI=1S/C21H18N4O2/c1-13-4-9-19(14(2)10-13)25-20-18(11-24-25)21(23-12-22-20)27-17-7-5-16(6-8-17)15(3)26/h4-12H,1-3H3. The molecule has 0 aliphatic heterocycles. The Labute approximate surface area is 156 Å². The van der Waals surface area contributed by atoms with Gasteiger partial charge in [-0.2, -0.15) is 5.10 Å². The summed E-state index contributed by atoms with van der Waals surface area (Å²) < 4.78 is 7.70. The maximum absolute atomic E-state index is 11.4. The number of ether oxygens (including phenoxy) is 1. The highest BCUT2D eigenvalue weighted by molar-refractivity contribution is 5.94. The average molecular weight is 358 g/mol. The fourth-order valence-corrected chi connectivity index (χ4v) is 2.99. The van der Waals surface area contributed by atoms with Crippen LogP contribution in [0.4, 0.5) is 0 Å². The minimum atomic E-state index is 0.0146. The number of hydrogen-bond donors (Lipinski definition) is 0. The van der Waals surface area contributed by atoms with Crippen molar-refractivity contribution in [1.29, 1.82) is 0 Å². The number of aryl methyl sites for hydroxylation is 2. The van der Waals surface area contributed by atoms with Gasteiger partial charge >= 0.3 is 0 Å². The van der Waals surface area contributed by atoms with Crippen LogP contribution in [0.1, 0.15) is 28.4 Å². The zero-order chi connectivity index (χ0) is 19.0. The Morgan fingerprint density at radius 2 is 1.81 bits per heavy atom. The van der Waals surface area contributed by atoms with E-state index in [9.17, 15) is 4.79 Å².